The summed E-state index contributed by atoms with van der Waals surface area (Å²) in [4.78, 5) is 2.11. The van der Waals surface area contributed by atoms with Crippen LogP contribution in [0.5, 0.6) is 0 Å². The molecule has 0 bridgehead atoms. The van der Waals surface area contributed by atoms with Gasteiger partial charge in [0, 0.05) is 25.7 Å². The minimum absolute atomic E-state index is 0.0565. The van der Waals surface area contributed by atoms with Crippen molar-refractivity contribution >= 4 is 10.0 Å². The summed E-state index contributed by atoms with van der Waals surface area (Å²) in [6.07, 6.45) is 1.98. The van der Waals surface area contributed by atoms with E-state index in [2.05, 4.69) is 4.90 Å². The quantitative estimate of drug-likeness (QED) is 0.881. The Hall–Kier alpha value is -0.950. The zero-order valence-corrected chi connectivity index (χ0v) is 13.6. The number of piperidine rings is 1. The molecule has 0 saturated carbocycles. The van der Waals surface area contributed by atoms with Gasteiger partial charge in [-0.15, -0.1) is 0 Å². The minimum Gasteiger partial charge on any atom is -0.326 e. The highest BCUT2D eigenvalue weighted by molar-refractivity contribution is 7.88. The van der Waals surface area contributed by atoms with E-state index in [1.807, 2.05) is 38.4 Å². The molecule has 1 aromatic rings. The molecule has 0 aliphatic carbocycles. The van der Waals surface area contributed by atoms with Gasteiger partial charge in [0.15, 0.2) is 0 Å². The third-order valence-corrected chi connectivity index (χ3v) is 5.88. The molecule has 1 heterocycles. The molecule has 0 spiro atoms. The highest BCUT2D eigenvalue weighted by Gasteiger charge is 2.29. The SMILES string of the molecule is CN(C)C1CCCN(S(=O)(=O)Cc2cccc(CN)c2)C1. The van der Waals surface area contributed by atoms with Crippen LogP contribution in [-0.4, -0.2) is 50.8 Å². The van der Waals surface area contributed by atoms with Gasteiger partial charge in [0.1, 0.15) is 0 Å². The van der Waals surface area contributed by atoms with Crippen LogP contribution >= 0.6 is 0 Å². The summed E-state index contributed by atoms with van der Waals surface area (Å²) in [7, 11) is 0.749. The Bertz CT molecular complexity index is 572. The van der Waals surface area contributed by atoms with Gasteiger partial charge in [0.25, 0.3) is 0 Å². The molecule has 1 aliphatic rings. The number of nitrogens with zero attached hydrogens (tertiary/aromatic N) is 2. The minimum atomic E-state index is -3.26. The lowest BCUT2D eigenvalue weighted by atomic mass is 10.1. The number of hydrogen-bond acceptors (Lipinski definition) is 4. The molecule has 1 aromatic carbocycles. The Morgan fingerprint density at radius 3 is 2.71 bits per heavy atom. The maximum atomic E-state index is 12.6. The maximum Gasteiger partial charge on any atom is 0.218 e. The number of sulfonamides is 1. The fraction of sp³-hybridized carbons (Fsp3) is 0.600. The van der Waals surface area contributed by atoms with Crippen molar-refractivity contribution in [1.82, 2.24) is 9.21 Å². The van der Waals surface area contributed by atoms with Gasteiger partial charge in [-0.1, -0.05) is 24.3 Å². The molecule has 1 atom stereocenters. The van der Waals surface area contributed by atoms with Crippen LogP contribution in [0, 0.1) is 0 Å². The summed E-state index contributed by atoms with van der Waals surface area (Å²) in [5.41, 5.74) is 7.39. The normalized spacial score (nSPS) is 20.9. The molecule has 0 aromatic heterocycles. The van der Waals surface area contributed by atoms with Gasteiger partial charge in [-0.2, -0.15) is 0 Å². The number of likely N-dealkylation sites (N-methyl/N-ethyl adjacent to an activating group) is 1. The van der Waals surface area contributed by atoms with Gasteiger partial charge in [-0.05, 0) is 38.1 Å². The van der Waals surface area contributed by atoms with E-state index in [9.17, 15) is 8.42 Å². The number of benzene rings is 1. The third kappa shape index (κ3) is 4.26. The molecule has 2 rings (SSSR count). The summed E-state index contributed by atoms with van der Waals surface area (Å²) in [6.45, 7) is 1.65. The summed E-state index contributed by atoms with van der Waals surface area (Å²) in [5.74, 6) is 0.0565. The topological polar surface area (TPSA) is 66.6 Å². The van der Waals surface area contributed by atoms with Crippen molar-refractivity contribution in [1.29, 1.82) is 0 Å². The first-order valence-corrected chi connectivity index (χ1v) is 8.95. The summed E-state index contributed by atoms with van der Waals surface area (Å²) in [6, 6.07) is 7.82. The Morgan fingerprint density at radius 1 is 1.33 bits per heavy atom. The maximum absolute atomic E-state index is 12.6. The van der Waals surface area contributed by atoms with Gasteiger partial charge in [0.2, 0.25) is 10.0 Å². The van der Waals surface area contributed by atoms with Crippen molar-refractivity contribution in [2.45, 2.75) is 31.2 Å². The predicted octanol–water partition coefficient (Wildman–Crippen LogP) is 1.00. The van der Waals surface area contributed by atoms with E-state index >= 15 is 0 Å². The Kier molecular flexibility index (Phi) is 5.37. The van der Waals surface area contributed by atoms with E-state index in [0.29, 0.717) is 25.7 Å². The van der Waals surface area contributed by atoms with Crippen LogP contribution in [0.4, 0.5) is 0 Å². The van der Waals surface area contributed by atoms with Crippen molar-refractivity contribution < 1.29 is 8.42 Å². The smallest absolute Gasteiger partial charge is 0.218 e. The van der Waals surface area contributed by atoms with Crippen molar-refractivity contribution in [2.24, 2.45) is 5.73 Å². The molecular weight excluding hydrogens is 286 g/mol. The number of rotatable bonds is 5. The lowest BCUT2D eigenvalue weighted by Gasteiger charge is -2.35. The second kappa shape index (κ2) is 6.87. The zero-order valence-electron chi connectivity index (χ0n) is 12.8. The number of nitrogens with two attached hydrogens (primary N) is 1. The Balaban J connectivity index is 2.10. The van der Waals surface area contributed by atoms with Crippen molar-refractivity contribution in [3.05, 3.63) is 35.4 Å². The Morgan fingerprint density at radius 2 is 2.05 bits per heavy atom. The number of hydrogen-bond donors (Lipinski definition) is 1. The molecule has 118 valence electrons. The molecule has 0 radical (unpaired) electrons. The summed E-state index contributed by atoms with van der Waals surface area (Å²) < 4.78 is 26.8. The molecule has 21 heavy (non-hydrogen) atoms. The highest BCUT2D eigenvalue weighted by Crippen LogP contribution is 2.20. The van der Waals surface area contributed by atoms with Crippen LogP contribution in [0.3, 0.4) is 0 Å². The van der Waals surface area contributed by atoms with Gasteiger partial charge >= 0.3 is 0 Å². The molecule has 1 unspecified atom stereocenters. The molecule has 6 heteroatoms. The van der Waals surface area contributed by atoms with Crippen LogP contribution in [-0.2, 0) is 22.3 Å². The molecule has 2 N–H and O–H groups in total. The van der Waals surface area contributed by atoms with Gasteiger partial charge < -0.3 is 10.6 Å². The van der Waals surface area contributed by atoms with E-state index in [1.165, 1.54) is 0 Å². The van der Waals surface area contributed by atoms with Crippen molar-refractivity contribution in [3.63, 3.8) is 0 Å². The lowest BCUT2D eigenvalue weighted by Crippen LogP contribution is -2.47. The molecular formula is C15H25N3O2S. The van der Waals surface area contributed by atoms with Crippen molar-refractivity contribution in [2.75, 3.05) is 27.2 Å². The first kappa shape index (κ1) is 16.4. The summed E-state index contributed by atoms with van der Waals surface area (Å²) >= 11 is 0. The van der Waals surface area contributed by atoms with Crippen LogP contribution in [0.2, 0.25) is 0 Å². The van der Waals surface area contributed by atoms with E-state index in [4.69, 9.17) is 5.73 Å². The highest BCUT2D eigenvalue weighted by atomic mass is 32.2. The molecule has 5 nitrogen and oxygen atoms in total. The van der Waals surface area contributed by atoms with Crippen molar-refractivity contribution in [3.8, 4) is 0 Å². The van der Waals surface area contributed by atoms with Crippen LogP contribution in [0.1, 0.15) is 24.0 Å². The predicted molar refractivity (Wildman–Crippen MR) is 85.2 cm³/mol. The van der Waals surface area contributed by atoms with E-state index in [0.717, 1.165) is 24.0 Å². The lowest BCUT2D eigenvalue weighted by molar-refractivity contribution is 0.190. The molecule has 1 saturated heterocycles. The fourth-order valence-corrected chi connectivity index (χ4v) is 4.33. The fourth-order valence-electron chi connectivity index (χ4n) is 2.74. The van der Waals surface area contributed by atoms with E-state index in [1.54, 1.807) is 4.31 Å². The average Bonchev–Trinajstić information content (AvgIpc) is 2.47. The summed E-state index contributed by atoms with van der Waals surface area (Å²) in [5, 5.41) is 0. The first-order chi connectivity index (χ1) is 9.92. The average molecular weight is 311 g/mol. The van der Waals surface area contributed by atoms with Gasteiger partial charge in [-0.3, -0.25) is 0 Å². The third-order valence-electron chi connectivity index (χ3n) is 4.06. The van der Waals surface area contributed by atoms with E-state index < -0.39 is 10.0 Å². The molecule has 1 fully saturated rings. The van der Waals surface area contributed by atoms with Gasteiger partial charge in [0.05, 0.1) is 5.75 Å². The second-order valence-electron chi connectivity index (χ2n) is 5.90. The van der Waals surface area contributed by atoms with Crippen LogP contribution in [0.25, 0.3) is 0 Å². The standard InChI is InChI=1S/C15H25N3O2S/c1-17(2)15-7-4-8-18(11-15)21(19,20)12-14-6-3-5-13(9-14)10-16/h3,5-6,9,15H,4,7-8,10-12,16H2,1-2H3. The van der Waals surface area contributed by atoms with Gasteiger partial charge in [-0.25, -0.2) is 12.7 Å². The monoisotopic (exact) mass is 311 g/mol. The van der Waals surface area contributed by atoms with E-state index in [-0.39, 0.29) is 5.75 Å². The van der Waals surface area contributed by atoms with Crippen LogP contribution < -0.4 is 5.73 Å². The second-order valence-corrected chi connectivity index (χ2v) is 7.87. The Labute approximate surface area is 127 Å². The largest absolute Gasteiger partial charge is 0.326 e. The molecule has 0 amide bonds. The first-order valence-electron chi connectivity index (χ1n) is 7.34. The molecule has 1 aliphatic heterocycles. The van der Waals surface area contributed by atoms with Crippen LogP contribution in [0.15, 0.2) is 24.3 Å². The zero-order chi connectivity index (χ0) is 15.5.